The molecule has 0 bridgehead atoms. The summed E-state index contributed by atoms with van der Waals surface area (Å²) in [5, 5.41) is 2.92. The molecule has 2 aromatic carbocycles. The summed E-state index contributed by atoms with van der Waals surface area (Å²) in [6, 6.07) is 18.5. The van der Waals surface area contributed by atoms with Crippen molar-refractivity contribution in [2.75, 3.05) is 13.2 Å². The summed E-state index contributed by atoms with van der Waals surface area (Å²) in [5.74, 6) is 0.00861. The average Bonchev–Trinajstić information content (AvgIpc) is 3.30. The molecule has 0 atom stereocenters. The zero-order chi connectivity index (χ0) is 26.2. The van der Waals surface area contributed by atoms with Crippen LogP contribution >= 0.6 is 0 Å². The fourth-order valence-corrected chi connectivity index (χ4v) is 4.85. The van der Waals surface area contributed by atoms with Gasteiger partial charge in [0.2, 0.25) is 0 Å². The van der Waals surface area contributed by atoms with E-state index in [2.05, 4.69) is 34.6 Å². The molecule has 7 heteroatoms. The molecule has 1 fully saturated rings. The maximum absolute atomic E-state index is 12.9. The number of pyridine rings is 1. The van der Waals surface area contributed by atoms with Crippen molar-refractivity contribution in [3.63, 3.8) is 0 Å². The third-order valence-corrected chi connectivity index (χ3v) is 7.76. The number of hydrogen-bond acceptors (Lipinski definition) is 5. The van der Waals surface area contributed by atoms with Gasteiger partial charge in [0.15, 0.2) is 0 Å². The lowest BCUT2D eigenvalue weighted by atomic mass is 9.77. The summed E-state index contributed by atoms with van der Waals surface area (Å²) < 4.78 is 18.3. The van der Waals surface area contributed by atoms with Crippen molar-refractivity contribution >= 4 is 19.3 Å². The van der Waals surface area contributed by atoms with Crippen LogP contribution in [0.2, 0.25) is 0 Å². The Morgan fingerprint density at radius 1 is 1.00 bits per heavy atom. The number of nitrogens with zero attached hydrogens (tertiary/aromatic N) is 1. The van der Waals surface area contributed by atoms with Gasteiger partial charge >= 0.3 is 13.2 Å². The van der Waals surface area contributed by atoms with E-state index < -0.39 is 24.4 Å². The van der Waals surface area contributed by atoms with E-state index in [1.54, 1.807) is 12.4 Å². The molecule has 1 saturated heterocycles. The Balaban J connectivity index is 1.30. The smallest absolute Gasteiger partial charge is 0.449 e. The first-order chi connectivity index (χ1) is 17.7. The minimum atomic E-state index is -0.599. The van der Waals surface area contributed by atoms with Crippen LogP contribution in [0.25, 0.3) is 17.2 Å². The van der Waals surface area contributed by atoms with Gasteiger partial charge < -0.3 is 19.4 Å². The fourth-order valence-electron chi connectivity index (χ4n) is 4.85. The first-order valence-electron chi connectivity index (χ1n) is 12.7. The molecule has 190 valence electrons. The molecule has 2 aliphatic rings. The number of alkyl carbamates (subject to hydrolysis) is 1. The lowest BCUT2D eigenvalue weighted by Crippen LogP contribution is -2.41. The van der Waals surface area contributed by atoms with E-state index in [0.717, 1.165) is 16.6 Å². The molecule has 1 aromatic heterocycles. The van der Waals surface area contributed by atoms with E-state index in [9.17, 15) is 4.79 Å². The predicted molar refractivity (Wildman–Crippen MR) is 146 cm³/mol. The summed E-state index contributed by atoms with van der Waals surface area (Å²) in [4.78, 5) is 17.1. The van der Waals surface area contributed by atoms with Gasteiger partial charge in [0.25, 0.3) is 0 Å². The van der Waals surface area contributed by atoms with Crippen molar-refractivity contribution in [2.24, 2.45) is 0 Å². The van der Waals surface area contributed by atoms with Crippen molar-refractivity contribution in [2.45, 2.75) is 51.7 Å². The number of hydrogen-bond donors (Lipinski definition) is 1. The highest BCUT2D eigenvalue weighted by Crippen LogP contribution is 2.44. The van der Waals surface area contributed by atoms with Crippen LogP contribution in [-0.4, -0.2) is 42.5 Å². The van der Waals surface area contributed by atoms with Gasteiger partial charge in [-0.25, -0.2) is 4.79 Å². The van der Waals surface area contributed by atoms with E-state index in [4.69, 9.17) is 14.0 Å². The van der Waals surface area contributed by atoms with Gasteiger partial charge in [0.05, 0.1) is 11.2 Å². The molecule has 6 nitrogen and oxygen atoms in total. The maximum atomic E-state index is 12.9. The fraction of sp³-hybridized carbons (Fsp3) is 0.333. The van der Waals surface area contributed by atoms with E-state index >= 15 is 0 Å². The first kappa shape index (κ1) is 25.2. The van der Waals surface area contributed by atoms with E-state index in [0.29, 0.717) is 0 Å². The van der Waals surface area contributed by atoms with Crippen LogP contribution in [0.5, 0.6) is 0 Å². The lowest BCUT2D eigenvalue weighted by Gasteiger charge is -2.32. The molecular formula is C30H33BN2O4. The highest BCUT2D eigenvalue weighted by atomic mass is 16.7. The highest BCUT2D eigenvalue weighted by molar-refractivity contribution is 6.56. The van der Waals surface area contributed by atoms with E-state index in [1.807, 2.05) is 71.0 Å². The topological polar surface area (TPSA) is 69.7 Å². The number of fused-ring (bicyclic) bond motifs is 3. The van der Waals surface area contributed by atoms with Crippen LogP contribution in [0.1, 0.15) is 55.9 Å². The number of amides is 1. The quantitative estimate of drug-likeness (QED) is 0.428. The van der Waals surface area contributed by atoms with Crippen LogP contribution < -0.4 is 5.32 Å². The Hall–Kier alpha value is -3.42. The highest BCUT2D eigenvalue weighted by Gasteiger charge is 2.52. The van der Waals surface area contributed by atoms with Crippen LogP contribution in [-0.2, 0) is 14.0 Å². The summed E-state index contributed by atoms with van der Waals surface area (Å²) in [5.41, 5.74) is 6.59. The maximum Gasteiger partial charge on any atom is 0.492 e. The Morgan fingerprint density at radius 3 is 2.19 bits per heavy atom. The molecule has 0 unspecified atom stereocenters. The Morgan fingerprint density at radius 2 is 1.59 bits per heavy atom. The second kappa shape index (κ2) is 9.80. The molecule has 0 radical (unpaired) electrons. The SMILES string of the molecule is Cc1ccncc1C=C(CNC(=O)OCC1c2ccccc2-c2ccccc21)B1OC(C)(C)C(C)(C)O1. The second-order valence-electron chi connectivity index (χ2n) is 10.7. The van der Waals surface area contributed by atoms with Gasteiger partial charge in [-0.3, -0.25) is 4.98 Å². The second-order valence-corrected chi connectivity index (χ2v) is 10.7. The summed E-state index contributed by atoms with van der Waals surface area (Å²) in [6.45, 7) is 10.6. The minimum absolute atomic E-state index is 0.00861. The summed E-state index contributed by atoms with van der Waals surface area (Å²) >= 11 is 0. The van der Waals surface area contributed by atoms with E-state index in [1.165, 1.54) is 22.3 Å². The molecule has 1 aliphatic heterocycles. The first-order valence-corrected chi connectivity index (χ1v) is 12.7. The molecule has 5 rings (SSSR count). The minimum Gasteiger partial charge on any atom is -0.449 e. The van der Waals surface area contributed by atoms with Gasteiger partial charge in [0.1, 0.15) is 6.61 Å². The van der Waals surface area contributed by atoms with Crippen molar-refractivity contribution < 1.29 is 18.8 Å². The lowest BCUT2D eigenvalue weighted by molar-refractivity contribution is 0.00578. The number of nitrogens with one attached hydrogen (secondary N) is 1. The standard InChI is InChI=1S/C30H33BN2O4/c1-20-14-15-32-17-21(20)16-22(31-36-29(2,3)30(4,5)37-31)18-33-28(34)35-19-27-25-12-8-6-10-23(25)24-11-7-9-13-26(24)27/h6-17,27H,18-19H2,1-5H3,(H,33,34). The number of carbonyl (C=O) groups excluding carboxylic acids is 1. The van der Waals surface area contributed by atoms with Crippen molar-refractivity contribution in [1.82, 2.24) is 10.3 Å². The van der Waals surface area contributed by atoms with Crippen LogP contribution in [0, 0.1) is 6.92 Å². The number of aryl methyl sites for hydroxylation is 1. The number of ether oxygens (including phenoxy) is 1. The summed E-state index contributed by atoms with van der Waals surface area (Å²) in [6.07, 6.45) is 5.06. The van der Waals surface area contributed by atoms with Crippen molar-refractivity contribution in [3.8, 4) is 11.1 Å². The Bertz CT molecular complexity index is 1290. The largest absolute Gasteiger partial charge is 0.492 e. The van der Waals surface area contributed by atoms with Gasteiger partial charge in [-0.2, -0.15) is 0 Å². The molecule has 1 amide bonds. The molecule has 3 aromatic rings. The molecule has 1 N–H and O–H groups in total. The van der Waals surface area contributed by atoms with Crippen LogP contribution in [0.4, 0.5) is 4.79 Å². The van der Waals surface area contributed by atoms with Crippen molar-refractivity contribution in [1.29, 1.82) is 0 Å². The molecule has 0 spiro atoms. The summed E-state index contributed by atoms with van der Waals surface area (Å²) in [7, 11) is -0.599. The number of aromatic nitrogens is 1. The zero-order valence-corrected chi connectivity index (χ0v) is 22.1. The third-order valence-electron chi connectivity index (χ3n) is 7.76. The number of rotatable bonds is 6. The molecule has 2 heterocycles. The van der Waals surface area contributed by atoms with Gasteiger partial charge in [-0.05, 0) is 79.5 Å². The Kier molecular flexibility index (Phi) is 6.69. The number of carbonyl (C=O) groups is 1. The molecular weight excluding hydrogens is 463 g/mol. The normalized spacial score (nSPS) is 17.9. The molecule has 0 saturated carbocycles. The van der Waals surface area contributed by atoms with Crippen LogP contribution in [0.15, 0.2) is 72.5 Å². The number of benzene rings is 2. The van der Waals surface area contributed by atoms with Gasteiger partial charge in [0, 0.05) is 24.9 Å². The predicted octanol–water partition coefficient (Wildman–Crippen LogP) is 5.94. The van der Waals surface area contributed by atoms with Crippen molar-refractivity contribution in [3.05, 3.63) is 94.7 Å². The monoisotopic (exact) mass is 496 g/mol. The van der Waals surface area contributed by atoms with Gasteiger partial charge in [-0.15, -0.1) is 0 Å². The molecule has 1 aliphatic carbocycles. The third kappa shape index (κ3) is 4.94. The van der Waals surface area contributed by atoms with Gasteiger partial charge in [-0.1, -0.05) is 54.6 Å². The Labute approximate surface area is 219 Å². The zero-order valence-electron chi connectivity index (χ0n) is 22.1. The van der Waals surface area contributed by atoms with E-state index in [-0.39, 0.29) is 19.1 Å². The average molecular weight is 496 g/mol. The van der Waals surface area contributed by atoms with Crippen LogP contribution in [0.3, 0.4) is 0 Å². The molecule has 37 heavy (non-hydrogen) atoms.